The molecule has 0 bridgehead atoms. The van der Waals surface area contributed by atoms with E-state index in [2.05, 4.69) is 58.4 Å². The van der Waals surface area contributed by atoms with Gasteiger partial charge in [-0.25, -0.2) is 0 Å². The SMILES string of the molecule is CN(CCC#N)c1ccc(/C=C/c2ccnc3ccccc23)cc1. The van der Waals surface area contributed by atoms with Crippen LogP contribution in [-0.4, -0.2) is 18.6 Å². The third kappa shape index (κ3) is 3.61. The van der Waals surface area contributed by atoms with Crippen LogP contribution in [0.15, 0.2) is 60.8 Å². The molecular formula is C21H19N3. The predicted octanol–water partition coefficient (Wildman–Crippen LogP) is 4.76. The van der Waals surface area contributed by atoms with Crippen molar-refractivity contribution in [2.45, 2.75) is 6.42 Å². The molecule has 1 heterocycles. The molecule has 3 aromatic rings. The van der Waals surface area contributed by atoms with Crippen LogP contribution in [-0.2, 0) is 0 Å². The Hall–Kier alpha value is -3.12. The fourth-order valence-electron chi connectivity index (χ4n) is 2.64. The molecule has 0 amide bonds. The van der Waals surface area contributed by atoms with E-state index in [-0.39, 0.29) is 0 Å². The Kier molecular flexibility index (Phi) is 4.88. The number of benzene rings is 2. The fraction of sp³-hybridized carbons (Fsp3) is 0.143. The van der Waals surface area contributed by atoms with E-state index in [1.54, 1.807) is 0 Å². The smallest absolute Gasteiger partial charge is 0.0707 e. The van der Waals surface area contributed by atoms with Crippen LogP contribution in [0.2, 0.25) is 0 Å². The first kappa shape index (κ1) is 15.8. The molecule has 3 rings (SSSR count). The quantitative estimate of drug-likeness (QED) is 0.682. The number of nitriles is 1. The molecule has 0 radical (unpaired) electrons. The largest absolute Gasteiger partial charge is 0.374 e. The molecule has 118 valence electrons. The number of hydrogen-bond acceptors (Lipinski definition) is 3. The van der Waals surface area contributed by atoms with Gasteiger partial charge in [0.2, 0.25) is 0 Å². The monoisotopic (exact) mass is 313 g/mol. The van der Waals surface area contributed by atoms with Gasteiger partial charge in [-0.3, -0.25) is 4.98 Å². The van der Waals surface area contributed by atoms with Crippen LogP contribution in [0.25, 0.3) is 23.1 Å². The lowest BCUT2D eigenvalue weighted by Crippen LogP contribution is -2.17. The van der Waals surface area contributed by atoms with E-state index >= 15 is 0 Å². The lowest BCUT2D eigenvalue weighted by molar-refractivity contribution is 0.905. The molecule has 1 aromatic heterocycles. The van der Waals surface area contributed by atoms with Gasteiger partial charge in [0.15, 0.2) is 0 Å². The highest BCUT2D eigenvalue weighted by molar-refractivity contribution is 5.90. The summed E-state index contributed by atoms with van der Waals surface area (Å²) >= 11 is 0. The van der Waals surface area contributed by atoms with E-state index in [1.165, 1.54) is 0 Å². The summed E-state index contributed by atoms with van der Waals surface area (Å²) in [7, 11) is 2.01. The summed E-state index contributed by atoms with van der Waals surface area (Å²) in [4.78, 5) is 6.48. The number of aromatic nitrogens is 1. The van der Waals surface area contributed by atoms with Crippen molar-refractivity contribution in [3.63, 3.8) is 0 Å². The van der Waals surface area contributed by atoms with E-state index < -0.39 is 0 Å². The third-order valence-electron chi connectivity index (χ3n) is 4.03. The first-order valence-corrected chi connectivity index (χ1v) is 7.98. The number of hydrogen-bond donors (Lipinski definition) is 0. The van der Waals surface area contributed by atoms with Gasteiger partial charge in [0.1, 0.15) is 0 Å². The van der Waals surface area contributed by atoms with Crippen molar-refractivity contribution in [1.82, 2.24) is 4.98 Å². The summed E-state index contributed by atoms with van der Waals surface area (Å²) in [5, 5.41) is 9.83. The van der Waals surface area contributed by atoms with Crippen LogP contribution in [0.3, 0.4) is 0 Å². The molecule has 2 aromatic carbocycles. The van der Waals surface area contributed by atoms with E-state index in [9.17, 15) is 0 Å². The van der Waals surface area contributed by atoms with Gasteiger partial charge in [-0.1, -0.05) is 42.5 Å². The number of rotatable bonds is 5. The molecule has 3 nitrogen and oxygen atoms in total. The van der Waals surface area contributed by atoms with Gasteiger partial charge in [0, 0.05) is 30.9 Å². The van der Waals surface area contributed by atoms with Crippen LogP contribution < -0.4 is 4.90 Å². The first-order valence-electron chi connectivity index (χ1n) is 7.98. The lowest BCUT2D eigenvalue weighted by atomic mass is 10.1. The Labute approximate surface area is 142 Å². The van der Waals surface area contributed by atoms with Crippen molar-refractivity contribution >= 4 is 28.7 Å². The summed E-state index contributed by atoms with van der Waals surface area (Å²) in [5.74, 6) is 0. The maximum atomic E-state index is 8.67. The van der Waals surface area contributed by atoms with Crippen molar-refractivity contribution < 1.29 is 0 Å². The first-order chi connectivity index (χ1) is 11.8. The standard InChI is InChI=1S/C21H19N3/c1-24(16-4-14-22)19-11-8-17(9-12-19)7-10-18-13-15-23-21-6-3-2-5-20(18)21/h2-3,5-13,15H,4,16H2,1H3/b10-7+. The van der Waals surface area contributed by atoms with Gasteiger partial charge in [0.25, 0.3) is 0 Å². The Bertz CT molecular complexity index is 884. The Morgan fingerprint density at radius 3 is 2.62 bits per heavy atom. The zero-order chi connectivity index (χ0) is 16.8. The average molecular weight is 313 g/mol. The molecule has 0 aliphatic heterocycles. The molecule has 24 heavy (non-hydrogen) atoms. The second-order valence-electron chi connectivity index (χ2n) is 5.67. The van der Waals surface area contributed by atoms with Crippen LogP contribution in [0.5, 0.6) is 0 Å². The second kappa shape index (κ2) is 7.43. The minimum Gasteiger partial charge on any atom is -0.374 e. The number of fused-ring (bicyclic) bond motifs is 1. The molecule has 0 N–H and O–H groups in total. The fourth-order valence-corrected chi connectivity index (χ4v) is 2.64. The molecule has 0 saturated heterocycles. The molecule has 0 aliphatic carbocycles. The lowest BCUT2D eigenvalue weighted by Gasteiger charge is -2.17. The molecule has 0 unspecified atom stereocenters. The zero-order valence-electron chi connectivity index (χ0n) is 13.7. The molecule has 0 aliphatic rings. The average Bonchev–Trinajstić information content (AvgIpc) is 2.64. The van der Waals surface area contributed by atoms with Gasteiger partial charge in [-0.15, -0.1) is 0 Å². The summed E-state index contributed by atoms with van der Waals surface area (Å²) in [6, 6.07) is 20.7. The second-order valence-corrected chi connectivity index (χ2v) is 5.67. The molecule has 0 atom stereocenters. The number of nitrogens with zero attached hydrogens (tertiary/aromatic N) is 3. The van der Waals surface area contributed by atoms with E-state index in [0.717, 1.165) is 34.3 Å². The van der Waals surface area contributed by atoms with E-state index in [0.29, 0.717) is 6.42 Å². The minimum atomic E-state index is 0.535. The van der Waals surface area contributed by atoms with Crippen molar-refractivity contribution in [2.75, 3.05) is 18.5 Å². The molecule has 0 spiro atoms. The Morgan fingerprint density at radius 2 is 1.83 bits per heavy atom. The van der Waals surface area contributed by atoms with Crippen LogP contribution in [0.4, 0.5) is 5.69 Å². The van der Waals surface area contributed by atoms with Crippen molar-refractivity contribution in [3.05, 3.63) is 71.9 Å². The Morgan fingerprint density at radius 1 is 1.04 bits per heavy atom. The normalized spacial score (nSPS) is 10.8. The van der Waals surface area contributed by atoms with Crippen LogP contribution >= 0.6 is 0 Å². The summed E-state index contributed by atoms with van der Waals surface area (Å²) in [5.41, 5.74) is 4.44. The number of anilines is 1. The maximum absolute atomic E-state index is 8.67. The van der Waals surface area contributed by atoms with Crippen LogP contribution in [0.1, 0.15) is 17.5 Å². The molecule has 0 saturated carbocycles. The summed E-state index contributed by atoms with van der Waals surface area (Å²) in [6.45, 7) is 0.745. The zero-order valence-corrected chi connectivity index (χ0v) is 13.7. The summed E-state index contributed by atoms with van der Waals surface area (Å²) in [6.07, 6.45) is 6.61. The molecule has 0 fully saturated rings. The highest BCUT2D eigenvalue weighted by Crippen LogP contribution is 2.20. The van der Waals surface area contributed by atoms with Gasteiger partial charge in [0.05, 0.1) is 18.0 Å². The third-order valence-corrected chi connectivity index (χ3v) is 4.03. The summed E-state index contributed by atoms with van der Waals surface area (Å²) < 4.78 is 0. The highest BCUT2D eigenvalue weighted by atomic mass is 15.1. The number of para-hydroxylation sites is 1. The van der Waals surface area contributed by atoms with Gasteiger partial charge >= 0.3 is 0 Å². The predicted molar refractivity (Wildman–Crippen MR) is 101 cm³/mol. The van der Waals surface area contributed by atoms with Crippen molar-refractivity contribution in [1.29, 1.82) is 5.26 Å². The van der Waals surface area contributed by atoms with E-state index in [1.807, 2.05) is 37.5 Å². The Balaban J connectivity index is 1.78. The maximum Gasteiger partial charge on any atom is 0.0707 e. The van der Waals surface area contributed by atoms with Crippen molar-refractivity contribution in [3.8, 4) is 6.07 Å². The highest BCUT2D eigenvalue weighted by Gasteiger charge is 2.00. The van der Waals surface area contributed by atoms with Gasteiger partial charge < -0.3 is 4.90 Å². The topological polar surface area (TPSA) is 39.9 Å². The van der Waals surface area contributed by atoms with Crippen LogP contribution in [0, 0.1) is 11.3 Å². The molecule has 3 heteroatoms. The minimum absolute atomic E-state index is 0.535. The molecular weight excluding hydrogens is 294 g/mol. The van der Waals surface area contributed by atoms with E-state index in [4.69, 9.17) is 5.26 Å². The van der Waals surface area contributed by atoms with Crippen molar-refractivity contribution in [2.24, 2.45) is 0 Å². The van der Waals surface area contributed by atoms with Gasteiger partial charge in [-0.05, 0) is 35.4 Å². The number of pyridine rings is 1. The van der Waals surface area contributed by atoms with Gasteiger partial charge in [-0.2, -0.15) is 5.26 Å².